The number of benzene rings is 1. The third-order valence-electron chi connectivity index (χ3n) is 2.93. The van der Waals surface area contributed by atoms with E-state index in [2.05, 4.69) is 10.4 Å². The molecule has 1 N–H and O–H groups in total. The van der Waals surface area contributed by atoms with Crippen LogP contribution in [0.4, 0.5) is 18.9 Å². The first-order chi connectivity index (χ1) is 9.29. The van der Waals surface area contributed by atoms with Gasteiger partial charge in [-0.2, -0.15) is 18.3 Å². The number of hydrogen-bond donors (Lipinski definition) is 1. The van der Waals surface area contributed by atoms with Crippen molar-refractivity contribution in [2.45, 2.75) is 19.6 Å². The number of hydrogen-bond acceptors (Lipinski definition) is 2. The maximum absolute atomic E-state index is 12.4. The summed E-state index contributed by atoms with van der Waals surface area (Å²) < 4.78 is 38.9. The molecule has 108 valence electrons. The van der Waals surface area contributed by atoms with Crippen molar-refractivity contribution in [2.75, 3.05) is 5.32 Å². The molecule has 0 radical (unpaired) electrons. The standard InChI is InChI=1S/C13H13ClF3N3/c1-8-12(14)11(20(2)19-8)7-18-10-5-3-9(4-6-10)13(15,16)17/h3-6,18H,7H2,1-2H3. The van der Waals surface area contributed by atoms with Crippen LogP contribution in [0.1, 0.15) is 17.0 Å². The van der Waals surface area contributed by atoms with Gasteiger partial charge in [-0.1, -0.05) is 11.6 Å². The topological polar surface area (TPSA) is 29.9 Å². The van der Waals surface area contributed by atoms with E-state index in [4.69, 9.17) is 11.6 Å². The number of nitrogens with zero attached hydrogens (tertiary/aromatic N) is 2. The van der Waals surface area contributed by atoms with Gasteiger partial charge in [0.05, 0.1) is 28.5 Å². The van der Waals surface area contributed by atoms with Gasteiger partial charge in [-0.05, 0) is 31.2 Å². The molecule has 0 aliphatic rings. The van der Waals surface area contributed by atoms with Crippen molar-refractivity contribution >= 4 is 17.3 Å². The minimum Gasteiger partial charge on any atom is -0.379 e. The predicted octanol–water partition coefficient (Wildman–Crippen LogP) is 4.01. The first kappa shape index (κ1) is 14.7. The summed E-state index contributed by atoms with van der Waals surface area (Å²) in [5.41, 5.74) is 1.42. The van der Waals surface area contributed by atoms with Crippen molar-refractivity contribution in [3.63, 3.8) is 0 Å². The molecule has 2 aromatic rings. The summed E-state index contributed by atoms with van der Waals surface area (Å²) >= 11 is 6.09. The van der Waals surface area contributed by atoms with Crippen LogP contribution in [0.2, 0.25) is 5.02 Å². The van der Waals surface area contributed by atoms with E-state index in [-0.39, 0.29) is 0 Å². The molecule has 0 saturated heterocycles. The summed E-state index contributed by atoms with van der Waals surface area (Å²) in [7, 11) is 1.77. The van der Waals surface area contributed by atoms with E-state index in [9.17, 15) is 13.2 Å². The quantitative estimate of drug-likeness (QED) is 0.928. The third-order valence-corrected chi connectivity index (χ3v) is 3.43. The maximum Gasteiger partial charge on any atom is 0.416 e. The number of alkyl halides is 3. The monoisotopic (exact) mass is 303 g/mol. The van der Waals surface area contributed by atoms with Crippen LogP contribution < -0.4 is 5.32 Å². The molecule has 0 bridgehead atoms. The van der Waals surface area contributed by atoms with Crippen molar-refractivity contribution in [1.29, 1.82) is 0 Å². The molecular weight excluding hydrogens is 291 g/mol. The second kappa shape index (κ2) is 5.36. The van der Waals surface area contributed by atoms with Gasteiger partial charge < -0.3 is 5.32 Å². The van der Waals surface area contributed by atoms with E-state index in [1.807, 2.05) is 0 Å². The zero-order valence-corrected chi connectivity index (χ0v) is 11.7. The normalized spacial score (nSPS) is 11.7. The van der Waals surface area contributed by atoms with E-state index in [1.54, 1.807) is 18.7 Å². The Hall–Kier alpha value is -1.69. The number of rotatable bonds is 3. The summed E-state index contributed by atoms with van der Waals surface area (Å²) in [6, 6.07) is 4.86. The fourth-order valence-electron chi connectivity index (χ4n) is 1.83. The number of anilines is 1. The van der Waals surface area contributed by atoms with Crippen LogP contribution in [0, 0.1) is 6.92 Å². The van der Waals surface area contributed by atoms with Gasteiger partial charge in [0, 0.05) is 12.7 Å². The average Bonchev–Trinajstić information content (AvgIpc) is 2.61. The molecule has 0 amide bonds. The summed E-state index contributed by atoms with van der Waals surface area (Å²) in [6.45, 7) is 2.19. The molecule has 1 heterocycles. The Labute approximate surface area is 119 Å². The fraction of sp³-hybridized carbons (Fsp3) is 0.308. The van der Waals surface area contributed by atoms with Gasteiger partial charge in [0.1, 0.15) is 0 Å². The number of halogens is 4. The van der Waals surface area contributed by atoms with Crippen molar-refractivity contribution in [3.05, 3.63) is 46.2 Å². The number of aromatic nitrogens is 2. The van der Waals surface area contributed by atoms with Crippen LogP contribution in [-0.2, 0) is 19.8 Å². The highest BCUT2D eigenvalue weighted by Gasteiger charge is 2.29. The van der Waals surface area contributed by atoms with Crippen molar-refractivity contribution in [1.82, 2.24) is 9.78 Å². The minimum absolute atomic E-state index is 0.390. The van der Waals surface area contributed by atoms with E-state index in [0.29, 0.717) is 17.3 Å². The Morgan fingerprint density at radius 1 is 1.25 bits per heavy atom. The molecule has 1 aromatic heterocycles. The molecule has 0 atom stereocenters. The molecule has 7 heteroatoms. The average molecular weight is 304 g/mol. The Morgan fingerprint density at radius 3 is 2.30 bits per heavy atom. The van der Waals surface area contributed by atoms with E-state index < -0.39 is 11.7 Å². The molecule has 3 nitrogen and oxygen atoms in total. The van der Waals surface area contributed by atoms with Crippen molar-refractivity contribution in [2.24, 2.45) is 7.05 Å². The van der Waals surface area contributed by atoms with Crippen LogP contribution in [0.25, 0.3) is 0 Å². The number of aryl methyl sites for hydroxylation is 2. The Morgan fingerprint density at radius 2 is 1.85 bits per heavy atom. The lowest BCUT2D eigenvalue weighted by atomic mass is 10.2. The molecule has 0 fully saturated rings. The molecule has 0 unspecified atom stereocenters. The first-order valence-corrected chi connectivity index (χ1v) is 6.26. The highest BCUT2D eigenvalue weighted by atomic mass is 35.5. The molecule has 2 rings (SSSR count). The van der Waals surface area contributed by atoms with Crippen LogP contribution in [0.3, 0.4) is 0 Å². The molecular formula is C13H13ClF3N3. The number of nitrogens with one attached hydrogen (secondary N) is 1. The molecule has 20 heavy (non-hydrogen) atoms. The third kappa shape index (κ3) is 3.07. The van der Waals surface area contributed by atoms with Gasteiger partial charge in [0.25, 0.3) is 0 Å². The minimum atomic E-state index is -4.32. The molecule has 0 aliphatic carbocycles. The lowest BCUT2D eigenvalue weighted by Crippen LogP contribution is -2.07. The second-order valence-electron chi connectivity index (χ2n) is 4.40. The fourth-order valence-corrected chi connectivity index (χ4v) is 2.06. The molecule has 0 aliphatic heterocycles. The SMILES string of the molecule is Cc1nn(C)c(CNc2ccc(C(F)(F)F)cc2)c1Cl. The van der Waals surface area contributed by atoms with Gasteiger partial charge in [-0.25, -0.2) is 0 Å². The molecule has 0 saturated carbocycles. The predicted molar refractivity (Wildman–Crippen MR) is 71.7 cm³/mol. The molecule has 1 aromatic carbocycles. The van der Waals surface area contributed by atoms with Crippen LogP contribution in [0.5, 0.6) is 0 Å². The van der Waals surface area contributed by atoms with Gasteiger partial charge in [0.2, 0.25) is 0 Å². The Bertz CT molecular complexity index is 603. The van der Waals surface area contributed by atoms with Gasteiger partial charge in [-0.15, -0.1) is 0 Å². The largest absolute Gasteiger partial charge is 0.416 e. The summed E-state index contributed by atoms with van der Waals surface area (Å²) in [5.74, 6) is 0. The van der Waals surface area contributed by atoms with Crippen LogP contribution in [-0.4, -0.2) is 9.78 Å². The Balaban J connectivity index is 2.08. The van der Waals surface area contributed by atoms with Crippen LogP contribution >= 0.6 is 11.6 Å². The lowest BCUT2D eigenvalue weighted by Gasteiger charge is -2.10. The highest BCUT2D eigenvalue weighted by molar-refractivity contribution is 6.31. The van der Waals surface area contributed by atoms with Gasteiger partial charge in [-0.3, -0.25) is 4.68 Å². The zero-order chi connectivity index (χ0) is 14.9. The summed E-state index contributed by atoms with van der Waals surface area (Å²) in [5, 5.41) is 7.75. The Kier molecular flexibility index (Phi) is 3.94. The molecule has 0 spiro atoms. The summed E-state index contributed by atoms with van der Waals surface area (Å²) in [4.78, 5) is 0. The van der Waals surface area contributed by atoms with Gasteiger partial charge >= 0.3 is 6.18 Å². The van der Waals surface area contributed by atoms with Gasteiger partial charge in [0.15, 0.2) is 0 Å². The zero-order valence-electron chi connectivity index (χ0n) is 10.9. The van der Waals surface area contributed by atoms with E-state index in [0.717, 1.165) is 23.5 Å². The lowest BCUT2D eigenvalue weighted by molar-refractivity contribution is -0.137. The van der Waals surface area contributed by atoms with E-state index in [1.165, 1.54) is 12.1 Å². The van der Waals surface area contributed by atoms with Crippen molar-refractivity contribution in [3.8, 4) is 0 Å². The van der Waals surface area contributed by atoms with E-state index >= 15 is 0 Å². The smallest absolute Gasteiger partial charge is 0.379 e. The van der Waals surface area contributed by atoms with Crippen molar-refractivity contribution < 1.29 is 13.2 Å². The highest BCUT2D eigenvalue weighted by Crippen LogP contribution is 2.30. The maximum atomic E-state index is 12.4. The van der Waals surface area contributed by atoms with Crippen LogP contribution in [0.15, 0.2) is 24.3 Å². The summed E-state index contributed by atoms with van der Waals surface area (Å²) in [6.07, 6.45) is -4.32. The second-order valence-corrected chi connectivity index (χ2v) is 4.78. The first-order valence-electron chi connectivity index (χ1n) is 5.88.